The Kier molecular flexibility index (Phi) is 5.03. The van der Waals surface area contributed by atoms with Gasteiger partial charge in [0.25, 0.3) is 0 Å². The van der Waals surface area contributed by atoms with Crippen LogP contribution in [0.25, 0.3) is 0 Å². The van der Waals surface area contributed by atoms with E-state index in [-0.39, 0.29) is 6.04 Å². The van der Waals surface area contributed by atoms with Crippen molar-refractivity contribution in [3.8, 4) is 17.2 Å². The van der Waals surface area contributed by atoms with Gasteiger partial charge in [-0.1, -0.05) is 24.3 Å². The molecule has 3 N–H and O–H groups in total. The Morgan fingerprint density at radius 2 is 1.33 bits per heavy atom. The van der Waals surface area contributed by atoms with Crippen LogP contribution in [0.1, 0.15) is 17.2 Å². The van der Waals surface area contributed by atoms with Gasteiger partial charge >= 0.3 is 0 Å². The van der Waals surface area contributed by atoms with E-state index in [1.807, 2.05) is 42.5 Å². The molecule has 2 aromatic carbocycles. The first-order valence-electron chi connectivity index (χ1n) is 6.56. The second-order valence-corrected chi connectivity index (χ2v) is 4.42. The summed E-state index contributed by atoms with van der Waals surface area (Å²) in [6.07, 6.45) is 0. The van der Waals surface area contributed by atoms with Gasteiger partial charge in [0.2, 0.25) is 0 Å². The molecular weight excluding hydrogens is 268 g/mol. The lowest BCUT2D eigenvalue weighted by atomic mass is 9.96. The highest BCUT2D eigenvalue weighted by Gasteiger charge is 2.24. The lowest BCUT2D eigenvalue weighted by molar-refractivity contribution is 0.372. The molecule has 0 saturated heterocycles. The third kappa shape index (κ3) is 2.94. The quantitative estimate of drug-likeness (QED) is 0.630. The molecule has 5 nitrogen and oxygen atoms in total. The van der Waals surface area contributed by atoms with E-state index in [9.17, 15) is 0 Å². The van der Waals surface area contributed by atoms with E-state index in [1.165, 1.54) is 0 Å². The van der Waals surface area contributed by atoms with Crippen LogP contribution in [0.2, 0.25) is 0 Å². The highest BCUT2D eigenvalue weighted by Crippen LogP contribution is 2.39. The Hall–Kier alpha value is -2.24. The predicted molar refractivity (Wildman–Crippen MR) is 81.7 cm³/mol. The molecule has 21 heavy (non-hydrogen) atoms. The number of hydrogen-bond acceptors (Lipinski definition) is 5. The molecule has 0 aliphatic rings. The number of para-hydroxylation sites is 1. The van der Waals surface area contributed by atoms with Crippen LogP contribution in [-0.4, -0.2) is 21.3 Å². The van der Waals surface area contributed by atoms with Crippen molar-refractivity contribution in [3.63, 3.8) is 0 Å². The van der Waals surface area contributed by atoms with Crippen molar-refractivity contribution in [3.05, 3.63) is 53.6 Å². The maximum absolute atomic E-state index is 5.79. The van der Waals surface area contributed by atoms with E-state index in [2.05, 4.69) is 5.43 Å². The lowest BCUT2D eigenvalue weighted by Crippen LogP contribution is -2.29. The minimum atomic E-state index is -0.313. The van der Waals surface area contributed by atoms with Gasteiger partial charge in [-0.05, 0) is 18.2 Å². The Morgan fingerprint density at radius 1 is 0.810 bits per heavy atom. The molecule has 0 radical (unpaired) electrons. The van der Waals surface area contributed by atoms with Crippen LogP contribution in [0.3, 0.4) is 0 Å². The molecule has 1 atom stereocenters. The van der Waals surface area contributed by atoms with Gasteiger partial charge in [-0.2, -0.15) is 0 Å². The summed E-state index contributed by atoms with van der Waals surface area (Å²) in [5.74, 6) is 7.93. The summed E-state index contributed by atoms with van der Waals surface area (Å²) < 4.78 is 16.3. The van der Waals surface area contributed by atoms with Crippen LogP contribution in [0.5, 0.6) is 17.2 Å². The first kappa shape index (κ1) is 15.2. The van der Waals surface area contributed by atoms with E-state index in [1.54, 1.807) is 21.3 Å². The lowest BCUT2D eigenvalue weighted by Gasteiger charge is -2.23. The zero-order valence-corrected chi connectivity index (χ0v) is 12.4. The van der Waals surface area contributed by atoms with Gasteiger partial charge in [-0.15, -0.1) is 0 Å². The number of ether oxygens (including phenoxy) is 3. The molecule has 0 amide bonds. The largest absolute Gasteiger partial charge is 0.496 e. The summed E-state index contributed by atoms with van der Waals surface area (Å²) in [6, 6.07) is 13.0. The van der Waals surface area contributed by atoms with Gasteiger partial charge < -0.3 is 14.2 Å². The summed E-state index contributed by atoms with van der Waals surface area (Å²) in [5, 5.41) is 0. The van der Waals surface area contributed by atoms with E-state index >= 15 is 0 Å². The Morgan fingerprint density at radius 3 is 1.86 bits per heavy atom. The predicted octanol–water partition coefficient (Wildman–Crippen LogP) is 2.27. The molecule has 112 valence electrons. The SMILES string of the molecule is COc1ccccc1C(NN)c1c(OC)cccc1OC. The van der Waals surface area contributed by atoms with Crippen LogP contribution in [0.15, 0.2) is 42.5 Å². The van der Waals surface area contributed by atoms with Crippen LogP contribution in [0.4, 0.5) is 0 Å². The molecule has 0 aliphatic carbocycles. The van der Waals surface area contributed by atoms with Gasteiger partial charge in [0.05, 0.1) is 32.9 Å². The molecular formula is C16H20N2O3. The second kappa shape index (κ2) is 6.97. The number of rotatable bonds is 6. The van der Waals surface area contributed by atoms with E-state index in [0.717, 1.165) is 16.9 Å². The minimum absolute atomic E-state index is 0.313. The highest BCUT2D eigenvalue weighted by atomic mass is 16.5. The van der Waals surface area contributed by atoms with Crippen molar-refractivity contribution in [2.45, 2.75) is 6.04 Å². The van der Waals surface area contributed by atoms with Crippen molar-refractivity contribution in [1.82, 2.24) is 5.43 Å². The second-order valence-electron chi connectivity index (χ2n) is 4.42. The fourth-order valence-electron chi connectivity index (χ4n) is 2.40. The topological polar surface area (TPSA) is 65.7 Å². The summed E-state index contributed by atoms with van der Waals surface area (Å²) in [4.78, 5) is 0. The summed E-state index contributed by atoms with van der Waals surface area (Å²) in [5.41, 5.74) is 4.55. The summed E-state index contributed by atoms with van der Waals surface area (Å²) >= 11 is 0. The average molecular weight is 288 g/mol. The van der Waals surface area contributed by atoms with E-state index in [0.29, 0.717) is 11.5 Å². The Bertz CT molecular complexity index is 580. The van der Waals surface area contributed by atoms with Crippen molar-refractivity contribution in [2.24, 2.45) is 5.84 Å². The molecule has 1 unspecified atom stereocenters. The maximum atomic E-state index is 5.79. The van der Waals surface area contributed by atoms with Crippen LogP contribution >= 0.6 is 0 Å². The zero-order chi connectivity index (χ0) is 15.2. The molecule has 0 aromatic heterocycles. The minimum Gasteiger partial charge on any atom is -0.496 e. The van der Waals surface area contributed by atoms with Crippen molar-refractivity contribution >= 4 is 0 Å². The molecule has 2 rings (SSSR count). The van der Waals surface area contributed by atoms with Crippen molar-refractivity contribution < 1.29 is 14.2 Å². The van der Waals surface area contributed by atoms with Gasteiger partial charge in [-0.3, -0.25) is 5.84 Å². The van der Waals surface area contributed by atoms with Crippen LogP contribution in [0, 0.1) is 0 Å². The average Bonchev–Trinajstić information content (AvgIpc) is 2.56. The fraction of sp³-hybridized carbons (Fsp3) is 0.250. The number of methoxy groups -OCH3 is 3. The molecule has 0 spiro atoms. The van der Waals surface area contributed by atoms with Gasteiger partial charge in [-0.25, -0.2) is 5.43 Å². The normalized spacial score (nSPS) is 11.8. The molecule has 0 bridgehead atoms. The molecule has 2 aromatic rings. The smallest absolute Gasteiger partial charge is 0.127 e. The number of hydrazine groups is 1. The molecule has 5 heteroatoms. The van der Waals surface area contributed by atoms with Crippen molar-refractivity contribution in [1.29, 1.82) is 0 Å². The van der Waals surface area contributed by atoms with Crippen molar-refractivity contribution in [2.75, 3.05) is 21.3 Å². The first-order chi connectivity index (χ1) is 10.3. The molecule has 0 heterocycles. The molecule has 0 fully saturated rings. The third-order valence-corrected chi connectivity index (χ3v) is 3.37. The fourth-order valence-corrected chi connectivity index (χ4v) is 2.40. The monoisotopic (exact) mass is 288 g/mol. The number of hydrogen-bond donors (Lipinski definition) is 2. The Labute approximate surface area is 124 Å². The number of nitrogens with one attached hydrogen (secondary N) is 1. The zero-order valence-electron chi connectivity index (χ0n) is 12.4. The first-order valence-corrected chi connectivity index (χ1v) is 6.56. The van der Waals surface area contributed by atoms with Gasteiger partial charge in [0.15, 0.2) is 0 Å². The van der Waals surface area contributed by atoms with E-state index in [4.69, 9.17) is 20.1 Å². The molecule has 0 aliphatic heterocycles. The van der Waals surface area contributed by atoms with Gasteiger partial charge in [0, 0.05) is 5.56 Å². The standard InChI is InChI=1S/C16H20N2O3/c1-19-12-8-5-4-7-11(12)16(18-17)15-13(20-2)9-6-10-14(15)21-3/h4-10,16,18H,17H2,1-3H3. The number of nitrogens with two attached hydrogens (primary N) is 1. The highest BCUT2D eigenvalue weighted by molar-refractivity contribution is 5.53. The third-order valence-electron chi connectivity index (χ3n) is 3.37. The molecule has 0 saturated carbocycles. The van der Waals surface area contributed by atoms with Crippen LogP contribution in [-0.2, 0) is 0 Å². The summed E-state index contributed by atoms with van der Waals surface area (Å²) in [7, 11) is 4.87. The van der Waals surface area contributed by atoms with Crippen LogP contribution < -0.4 is 25.5 Å². The van der Waals surface area contributed by atoms with Gasteiger partial charge in [0.1, 0.15) is 17.2 Å². The Balaban J connectivity index is 2.61. The number of benzene rings is 2. The summed E-state index contributed by atoms with van der Waals surface area (Å²) in [6.45, 7) is 0. The maximum Gasteiger partial charge on any atom is 0.127 e. The van der Waals surface area contributed by atoms with E-state index < -0.39 is 0 Å².